The number of nitrogens with zero attached hydrogens (tertiary/aromatic N) is 2. The topological polar surface area (TPSA) is 86.3 Å². The maximum Gasteiger partial charge on any atom is 0.274 e. The van der Waals surface area contributed by atoms with Crippen LogP contribution in [-0.2, 0) is 6.42 Å². The number of likely N-dealkylation sites (tertiary alicyclic amines) is 1. The highest BCUT2D eigenvalue weighted by atomic mass is 16.3. The number of piperidine rings is 1. The van der Waals surface area contributed by atoms with E-state index in [0.717, 1.165) is 50.4 Å². The van der Waals surface area contributed by atoms with Crippen LogP contribution in [0.5, 0.6) is 5.75 Å². The van der Waals surface area contributed by atoms with Crippen molar-refractivity contribution >= 4 is 5.91 Å². The Balaban J connectivity index is 1.68. The van der Waals surface area contributed by atoms with Crippen molar-refractivity contribution in [1.29, 1.82) is 0 Å². The Morgan fingerprint density at radius 2 is 2.08 bits per heavy atom. The number of hydrogen-bond acceptors (Lipinski definition) is 4. The fourth-order valence-electron chi connectivity index (χ4n) is 3.17. The average Bonchev–Trinajstić information content (AvgIpc) is 2.61. The Morgan fingerprint density at radius 3 is 2.79 bits per heavy atom. The molecule has 0 saturated carbocycles. The van der Waals surface area contributed by atoms with Crippen LogP contribution < -0.4 is 5.56 Å². The maximum absolute atomic E-state index is 12.7. The summed E-state index contributed by atoms with van der Waals surface area (Å²) in [5.41, 5.74) is 1.12. The van der Waals surface area contributed by atoms with Gasteiger partial charge in [-0.1, -0.05) is 12.1 Å². The number of H-pyrrole nitrogens is 1. The maximum atomic E-state index is 12.7. The fourth-order valence-corrected chi connectivity index (χ4v) is 3.17. The molecule has 0 radical (unpaired) electrons. The molecule has 0 spiro atoms. The number of carbonyl (C=O) groups is 1. The van der Waals surface area contributed by atoms with Gasteiger partial charge in [0, 0.05) is 18.8 Å². The van der Waals surface area contributed by atoms with E-state index < -0.39 is 0 Å². The highest BCUT2D eigenvalue weighted by Gasteiger charge is 2.28. The molecule has 0 unspecified atom stereocenters. The van der Waals surface area contributed by atoms with Crippen LogP contribution in [0.1, 0.15) is 41.7 Å². The first-order valence-corrected chi connectivity index (χ1v) is 8.27. The van der Waals surface area contributed by atoms with Crippen LogP contribution in [0.4, 0.5) is 0 Å². The Kier molecular flexibility index (Phi) is 4.93. The predicted octanol–water partition coefficient (Wildman–Crippen LogP) is 2.10. The first-order valence-electron chi connectivity index (χ1n) is 8.27. The van der Waals surface area contributed by atoms with E-state index in [1.54, 1.807) is 12.1 Å². The van der Waals surface area contributed by atoms with E-state index in [9.17, 15) is 14.7 Å². The lowest BCUT2D eigenvalue weighted by Crippen LogP contribution is -2.44. The van der Waals surface area contributed by atoms with Gasteiger partial charge in [0.05, 0.1) is 6.20 Å². The standard InChI is InChI=1S/C18H21N3O3/c22-15-8-5-13(6-9-15)4-7-14-3-1-2-10-21(14)18(24)16-11-20-17(23)12-19-16/h5-6,8-9,11-12,14,22H,1-4,7,10H2,(H,20,23)/t14-/m0/s1. The number of benzene rings is 1. The molecule has 1 saturated heterocycles. The average molecular weight is 327 g/mol. The third-order valence-electron chi connectivity index (χ3n) is 4.48. The van der Waals surface area contributed by atoms with Crippen molar-refractivity contribution in [3.05, 3.63) is 58.3 Å². The first-order chi connectivity index (χ1) is 11.6. The Bertz CT molecular complexity index is 734. The minimum atomic E-state index is -0.311. The van der Waals surface area contributed by atoms with E-state index in [4.69, 9.17) is 0 Å². The lowest BCUT2D eigenvalue weighted by Gasteiger charge is -2.35. The zero-order chi connectivity index (χ0) is 16.9. The van der Waals surface area contributed by atoms with Crippen molar-refractivity contribution in [3.8, 4) is 5.75 Å². The van der Waals surface area contributed by atoms with Crippen LogP contribution in [0.15, 0.2) is 41.5 Å². The number of aromatic nitrogens is 2. The van der Waals surface area contributed by atoms with E-state index in [1.165, 1.54) is 6.20 Å². The highest BCUT2D eigenvalue weighted by molar-refractivity contribution is 5.92. The van der Waals surface area contributed by atoms with Crippen molar-refractivity contribution in [1.82, 2.24) is 14.9 Å². The van der Waals surface area contributed by atoms with Gasteiger partial charge in [-0.25, -0.2) is 4.98 Å². The number of aromatic hydroxyl groups is 1. The molecule has 2 N–H and O–H groups in total. The number of aromatic amines is 1. The zero-order valence-corrected chi connectivity index (χ0v) is 13.4. The molecule has 1 aromatic carbocycles. The Hall–Kier alpha value is -2.63. The molecule has 1 atom stereocenters. The van der Waals surface area contributed by atoms with Gasteiger partial charge in [0.15, 0.2) is 0 Å². The number of hydrogen-bond donors (Lipinski definition) is 2. The largest absolute Gasteiger partial charge is 0.508 e. The number of aryl methyl sites for hydroxylation is 1. The third kappa shape index (κ3) is 3.82. The first kappa shape index (κ1) is 16.2. The Morgan fingerprint density at radius 1 is 1.29 bits per heavy atom. The Labute approximate surface area is 140 Å². The van der Waals surface area contributed by atoms with Crippen LogP contribution in [0.3, 0.4) is 0 Å². The van der Waals surface area contributed by atoms with Gasteiger partial charge in [-0.2, -0.15) is 0 Å². The predicted molar refractivity (Wildman–Crippen MR) is 90.0 cm³/mol. The molecule has 0 aliphatic carbocycles. The van der Waals surface area contributed by atoms with Crippen molar-refractivity contribution < 1.29 is 9.90 Å². The summed E-state index contributed by atoms with van der Waals surface area (Å²) < 4.78 is 0. The molecule has 2 heterocycles. The minimum Gasteiger partial charge on any atom is -0.508 e. The van der Waals surface area contributed by atoms with Crippen LogP contribution in [0, 0.1) is 0 Å². The molecule has 6 heteroatoms. The fraction of sp³-hybridized carbons (Fsp3) is 0.389. The van der Waals surface area contributed by atoms with Crippen molar-refractivity contribution in [2.24, 2.45) is 0 Å². The molecule has 126 valence electrons. The number of phenols is 1. The molecule has 1 fully saturated rings. The number of rotatable bonds is 4. The third-order valence-corrected chi connectivity index (χ3v) is 4.48. The molecule has 1 aliphatic rings. The van der Waals surface area contributed by atoms with Crippen LogP contribution >= 0.6 is 0 Å². The number of nitrogens with one attached hydrogen (secondary N) is 1. The van der Waals surface area contributed by atoms with Crippen LogP contribution in [0.25, 0.3) is 0 Å². The van der Waals surface area contributed by atoms with E-state index in [1.807, 2.05) is 17.0 Å². The molecular weight excluding hydrogens is 306 g/mol. The van der Waals surface area contributed by atoms with Gasteiger partial charge < -0.3 is 15.0 Å². The summed E-state index contributed by atoms with van der Waals surface area (Å²) in [5.74, 6) is 0.138. The van der Waals surface area contributed by atoms with Gasteiger partial charge in [-0.3, -0.25) is 9.59 Å². The van der Waals surface area contributed by atoms with E-state index in [0.29, 0.717) is 0 Å². The summed E-state index contributed by atoms with van der Waals surface area (Å²) in [5, 5.41) is 9.35. The monoisotopic (exact) mass is 327 g/mol. The minimum absolute atomic E-state index is 0.123. The summed E-state index contributed by atoms with van der Waals surface area (Å²) in [6.07, 6.45) is 7.34. The van der Waals surface area contributed by atoms with Crippen molar-refractivity contribution in [2.45, 2.75) is 38.1 Å². The van der Waals surface area contributed by atoms with Crippen molar-refractivity contribution in [3.63, 3.8) is 0 Å². The van der Waals surface area contributed by atoms with Crippen molar-refractivity contribution in [2.75, 3.05) is 6.54 Å². The second-order valence-electron chi connectivity index (χ2n) is 6.15. The summed E-state index contributed by atoms with van der Waals surface area (Å²) in [6, 6.07) is 7.36. The van der Waals surface area contributed by atoms with Gasteiger partial charge >= 0.3 is 0 Å². The second kappa shape index (κ2) is 7.29. The molecule has 3 rings (SSSR count). The molecule has 1 aromatic heterocycles. The molecule has 0 bridgehead atoms. The molecule has 24 heavy (non-hydrogen) atoms. The number of amides is 1. The second-order valence-corrected chi connectivity index (χ2v) is 6.15. The molecule has 1 aliphatic heterocycles. The summed E-state index contributed by atoms with van der Waals surface area (Å²) >= 11 is 0. The van der Waals surface area contributed by atoms with E-state index in [2.05, 4.69) is 9.97 Å². The smallest absolute Gasteiger partial charge is 0.274 e. The summed E-state index contributed by atoms with van der Waals surface area (Å²) in [6.45, 7) is 0.722. The lowest BCUT2D eigenvalue weighted by atomic mass is 9.95. The van der Waals surface area contributed by atoms with Gasteiger partial charge in [0.25, 0.3) is 11.5 Å². The van der Waals surface area contributed by atoms with Crippen LogP contribution in [0.2, 0.25) is 0 Å². The lowest BCUT2D eigenvalue weighted by molar-refractivity contribution is 0.0595. The highest BCUT2D eigenvalue weighted by Crippen LogP contribution is 2.23. The van der Waals surface area contributed by atoms with Crippen LogP contribution in [-0.4, -0.2) is 38.5 Å². The molecule has 6 nitrogen and oxygen atoms in total. The van der Waals surface area contributed by atoms with Gasteiger partial charge in [-0.05, 0) is 49.8 Å². The SMILES string of the molecule is O=C(c1c[nH]c(=O)cn1)N1CCCC[C@H]1CCc1ccc(O)cc1. The van der Waals surface area contributed by atoms with E-state index in [-0.39, 0.29) is 29.0 Å². The molecule has 2 aromatic rings. The number of phenolic OH excluding ortho intramolecular Hbond substituents is 1. The quantitative estimate of drug-likeness (QED) is 0.900. The van der Waals surface area contributed by atoms with Gasteiger partial charge in [-0.15, -0.1) is 0 Å². The zero-order valence-electron chi connectivity index (χ0n) is 13.4. The van der Waals surface area contributed by atoms with Gasteiger partial charge in [0.2, 0.25) is 0 Å². The molecule has 1 amide bonds. The summed E-state index contributed by atoms with van der Waals surface area (Å²) in [4.78, 5) is 32.1. The molecular formula is C18H21N3O3. The normalized spacial score (nSPS) is 17.7. The van der Waals surface area contributed by atoms with E-state index >= 15 is 0 Å². The number of carbonyl (C=O) groups excluding carboxylic acids is 1. The summed E-state index contributed by atoms with van der Waals surface area (Å²) in [7, 11) is 0. The van der Waals surface area contributed by atoms with Gasteiger partial charge in [0.1, 0.15) is 11.4 Å².